The Morgan fingerprint density at radius 3 is 2.81 bits per heavy atom. The van der Waals surface area contributed by atoms with E-state index in [-0.39, 0.29) is 0 Å². The first kappa shape index (κ1) is 16.6. The normalized spacial score (nSPS) is 10.7. The third-order valence-electron chi connectivity index (χ3n) is 2.86. The number of halogens is 1. The van der Waals surface area contributed by atoms with Gasteiger partial charge in [0.05, 0.1) is 3.79 Å². The maximum absolute atomic E-state index is 4.59. The first-order valence-electron chi connectivity index (χ1n) is 6.73. The molecule has 4 nitrogen and oxygen atoms in total. The van der Waals surface area contributed by atoms with Gasteiger partial charge in [-0.1, -0.05) is 18.7 Å². The molecule has 0 aliphatic heterocycles. The first-order valence-corrected chi connectivity index (χ1v) is 9.63. The van der Waals surface area contributed by atoms with Gasteiger partial charge in [-0.2, -0.15) is 0 Å². The predicted molar refractivity (Wildman–Crippen MR) is 96.7 cm³/mol. The lowest BCUT2D eigenvalue weighted by atomic mass is 10.3. The van der Waals surface area contributed by atoms with Gasteiger partial charge in [0.1, 0.15) is 11.6 Å². The lowest BCUT2D eigenvalue weighted by Crippen LogP contribution is -2.18. The summed E-state index contributed by atoms with van der Waals surface area (Å²) < 4.78 is 1.16. The van der Waals surface area contributed by atoms with Crippen molar-refractivity contribution in [2.75, 3.05) is 30.1 Å². The van der Waals surface area contributed by atoms with Crippen LogP contribution in [0.2, 0.25) is 0 Å². The molecule has 2 aromatic heterocycles. The quantitative estimate of drug-likeness (QED) is 0.560. The molecule has 21 heavy (non-hydrogen) atoms. The van der Waals surface area contributed by atoms with Gasteiger partial charge in [-0.15, -0.1) is 11.3 Å². The highest BCUT2D eigenvalue weighted by atomic mass is 79.9. The second-order valence-electron chi connectivity index (χ2n) is 4.64. The summed E-state index contributed by atoms with van der Waals surface area (Å²) in [5.41, 5.74) is 1.28. The summed E-state index contributed by atoms with van der Waals surface area (Å²) in [6.45, 7) is 3.90. The zero-order valence-electron chi connectivity index (χ0n) is 12.4. The van der Waals surface area contributed by atoms with E-state index in [0.29, 0.717) is 0 Å². The molecular formula is C14H19BrN4S2. The third kappa shape index (κ3) is 4.86. The Morgan fingerprint density at radius 2 is 2.19 bits per heavy atom. The summed E-state index contributed by atoms with van der Waals surface area (Å²) in [5.74, 6) is 1.83. The Labute approximate surface area is 142 Å². The van der Waals surface area contributed by atoms with Crippen LogP contribution in [-0.2, 0) is 6.54 Å². The van der Waals surface area contributed by atoms with E-state index in [0.717, 1.165) is 40.1 Å². The number of nitrogens with one attached hydrogen (secondary N) is 1. The van der Waals surface area contributed by atoms with Gasteiger partial charge in [-0.3, -0.25) is 0 Å². The second kappa shape index (κ2) is 8.00. The van der Waals surface area contributed by atoms with Gasteiger partial charge in [-0.05, 0) is 45.6 Å². The fourth-order valence-electron chi connectivity index (χ4n) is 1.83. The summed E-state index contributed by atoms with van der Waals surface area (Å²) in [6.07, 6.45) is 3.07. The second-order valence-corrected chi connectivity index (χ2v) is 7.70. The van der Waals surface area contributed by atoms with Gasteiger partial charge < -0.3 is 10.2 Å². The molecule has 0 aliphatic carbocycles. The molecule has 1 N–H and O–H groups in total. The van der Waals surface area contributed by atoms with Crippen LogP contribution in [0.5, 0.6) is 0 Å². The van der Waals surface area contributed by atoms with Crippen LogP contribution in [-0.4, -0.2) is 29.8 Å². The SMILES string of the molecule is CCCNc1cc(N(C)Cc2csc(Br)c2)nc(SC)n1. The molecule has 2 heterocycles. The molecule has 0 fully saturated rings. The molecule has 0 atom stereocenters. The van der Waals surface area contributed by atoms with Crippen LogP contribution in [0.25, 0.3) is 0 Å². The molecule has 0 amide bonds. The minimum absolute atomic E-state index is 0.796. The summed E-state index contributed by atoms with van der Waals surface area (Å²) in [7, 11) is 2.06. The zero-order valence-corrected chi connectivity index (χ0v) is 15.6. The van der Waals surface area contributed by atoms with Crippen LogP contribution in [0.4, 0.5) is 11.6 Å². The largest absolute Gasteiger partial charge is 0.370 e. The first-order chi connectivity index (χ1) is 10.1. The number of nitrogens with zero attached hydrogens (tertiary/aromatic N) is 3. The van der Waals surface area contributed by atoms with Gasteiger partial charge in [0.2, 0.25) is 0 Å². The van der Waals surface area contributed by atoms with Crippen molar-refractivity contribution in [3.8, 4) is 0 Å². The average Bonchev–Trinajstić information content (AvgIpc) is 2.89. The van der Waals surface area contributed by atoms with E-state index < -0.39 is 0 Å². The van der Waals surface area contributed by atoms with Crippen LogP contribution < -0.4 is 10.2 Å². The smallest absolute Gasteiger partial charge is 0.191 e. The van der Waals surface area contributed by atoms with Crippen LogP contribution in [0.1, 0.15) is 18.9 Å². The highest BCUT2D eigenvalue weighted by molar-refractivity contribution is 9.11. The van der Waals surface area contributed by atoms with Crippen molar-refractivity contribution in [2.45, 2.75) is 25.0 Å². The monoisotopic (exact) mass is 386 g/mol. The molecule has 2 rings (SSSR count). The van der Waals surface area contributed by atoms with Gasteiger partial charge >= 0.3 is 0 Å². The van der Waals surface area contributed by atoms with Crippen molar-refractivity contribution in [1.29, 1.82) is 0 Å². The van der Waals surface area contributed by atoms with E-state index in [4.69, 9.17) is 0 Å². The highest BCUT2D eigenvalue weighted by Crippen LogP contribution is 2.24. The minimum atomic E-state index is 0.796. The van der Waals surface area contributed by atoms with Crippen LogP contribution in [0.15, 0.2) is 26.5 Å². The van der Waals surface area contributed by atoms with Crippen molar-refractivity contribution in [2.24, 2.45) is 0 Å². The molecule has 0 aromatic carbocycles. The average molecular weight is 387 g/mol. The number of thioether (sulfide) groups is 1. The van der Waals surface area contributed by atoms with Crippen molar-refractivity contribution in [1.82, 2.24) is 9.97 Å². The van der Waals surface area contributed by atoms with E-state index >= 15 is 0 Å². The molecule has 2 aromatic rings. The molecule has 0 spiro atoms. The fourth-order valence-corrected chi connectivity index (χ4v) is 3.40. The van der Waals surface area contributed by atoms with E-state index in [9.17, 15) is 0 Å². The molecule has 0 aliphatic rings. The molecule has 0 unspecified atom stereocenters. The molecule has 0 radical (unpaired) electrons. The standard InChI is InChI=1S/C14H19BrN4S2/c1-4-5-16-12-7-13(18-14(17-12)20-3)19(2)8-10-6-11(15)21-9-10/h6-7,9H,4-5,8H2,1-3H3,(H,16,17,18). The van der Waals surface area contributed by atoms with Gasteiger partial charge in [0.25, 0.3) is 0 Å². The van der Waals surface area contributed by atoms with E-state index in [2.05, 4.69) is 61.5 Å². The number of anilines is 2. The summed E-state index contributed by atoms with van der Waals surface area (Å²) in [5, 5.41) is 6.29. The topological polar surface area (TPSA) is 41.0 Å². The number of thiophene rings is 1. The fraction of sp³-hybridized carbons (Fsp3) is 0.429. The van der Waals surface area contributed by atoms with Crippen molar-refractivity contribution in [3.05, 3.63) is 26.9 Å². The predicted octanol–water partition coefficient (Wildman–Crippen LogP) is 4.48. The summed E-state index contributed by atoms with van der Waals surface area (Å²) >= 11 is 6.77. The maximum atomic E-state index is 4.59. The van der Waals surface area contributed by atoms with E-state index in [1.54, 1.807) is 23.1 Å². The molecule has 0 saturated carbocycles. The van der Waals surface area contributed by atoms with Crippen molar-refractivity contribution >= 4 is 50.7 Å². The number of hydrogen-bond acceptors (Lipinski definition) is 6. The molecular weight excluding hydrogens is 368 g/mol. The Bertz CT molecular complexity index is 588. The number of aromatic nitrogens is 2. The van der Waals surface area contributed by atoms with Crippen molar-refractivity contribution < 1.29 is 0 Å². The van der Waals surface area contributed by atoms with E-state index in [1.807, 2.05) is 12.3 Å². The molecule has 114 valence electrons. The Kier molecular flexibility index (Phi) is 6.32. The zero-order chi connectivity index (χ0) is 15.2. The lowest BCUT2D eigenvalue weighted by molar-refractivity contribution is 0.854. The number of hydrogen-bond donors (Lipinski definition) is 1. The van der Waals surface area contributed by atoms with Gasteiger partial charge in [0.15, 0.2) is 5.16 Å². The Hall–Kier alpha value is -0.790. The van der Waals surface area contributed by atoms with Gasteiger partial charge in [0, 0.05) is 26.2 Å². The van der Waals surface area contributed by atoms with E-state index in [1.165, 1.54) is 5.56 Å². The van der Waals surface area contributed by atoms with Gasteiger partial charge in [-0.25, -0.2) is 9.97 Å². The molecule has 7 heteroatoms. The Balaban J connectivity index is 2.16. The number of rotatable bonds is 7. The third-order valence-corrected chi connectivity index (χ3v) is 4.96. The molecule has 0 bridgehead atoms. The van der Waals surface area contributed by atoms with Crippen LogP contribution >= 0.6 is 39.0 Å². The summed E-state index contributed by atoms with van der Waals surface area (Å²) in [6, 6.07) is 4.16. The maximum Gasteiger partial charge on any atom is 0.191 e. The molecule has 0 saturated heterocycles. The lowest BCUT2D eigenvalue weighted by Gasteiger charge is -2.19. The highest BCUT2D eigenvalue weighted by Gasteiger charge is 2.09. The van der Waals surface area contributed by atoms with Crippen LogP contribution in [0, 0.1) is 0 Å². The Morgan fingerprint density at radius 1 is 1.38 bits per heavy atom. The van der Waals surface area contributed by atoms with Crippen molar-refractivity contribution in [3.63, 3.8) is 0 Å². The summed E-state index contributed by atoms with van der Waals surface area (Å²) in [4.78, 5) is 11.2. The minimum Gasteiger partial charge on any atom is -0.370 e. The van der Waals surface area contributed by atoms with Crippen LogP contribution in [0.3, 0.4) is 0 Å².